The lowest BCUT2D eigenvalue weighted by Gasteiger charge is -2.30. The van der Waals surface area contributed by atoms with Crippen LogP contribution >= 0.6 is 0 Å². The van der Waals surface area contributed by atoms with Gasteiger partial charge in [-0.1, -0.05) is 38.5 Å². The molecule has 0 fully saturated rings. The summed E-state index contributed by atoms with van der Waals surface area (Å²) < 4.78 is 5.36. The molecule has 0 bridgehead atoms. The van der Waals surface area contributed by atoms with Crippen molar-refractivity contribution in [2.24, 2.45) is 11.7 Å². The van der Waals surface area contributed by atoms with E-state index in [0.717, 1.165) is 17.7 Å². The van der Waals surface area contributed by atoms with E-state index >= 15 is 0 Å². The van der Waals surface area contributed by atoms with Gasteiger partial charge in [-0.15, -0.1) is 0 Å². The first-order chi connectivity index (χ1) is 9.43. The summed E-state index contributed by atoms with van der Waals surface area (Å²) in [6.45, 7) is 6.03. The standard InChI is InChI=1S/C16H26N2O2/c1-6-11(2)15(17)16(19)18(4)12(3)13-9-7-8-10-14(13)20-5/h7-12,15H,6,17H2,1-5H3/t11-,12?,15-/m0/s1. The Morgan fingerprint density at radius 1 is 1.35 bits per heavy atom. The smallest absolute Gasteiger partial charge is 0.240 e. The van der Waals surface area contributed by atoms with E-state index in [4.69, 9.17) is 10.5 Å². The second-order valence-electron chi connectivity index (χ2n) is 5.28. The zero-order chi connectivity index (χ0) is 15.3. The lowest BCUT2D eigenvalue weighted by atomic mass is 9.97. The van der Waals surface area contributed by atoms with E-state index in [1.807, 2.05) is 45.0 Å². The average molecular weight is 278 g/mol. The maximum Gasteiger partial charge on any atom is 0.240 e. The van der Waals surface area contributed by atoms with Gasteiger partial charge in [-0.25, -0.2) is 0 Å². The molecular formula is C16H26N2O2. The van der Waals surface area contributed by atoms with Crippen molar-refractivity contribution < 1.29 is 9.53 Å². The van der Waals surface area contributed by atoms with Crippen LogP contribution in [-0.2, 0) is 4.79 Å². The van der Waals surface area contributed by atoms with Gasteiger partial charge in [-0.3, -0.25) is 4.79 Å². The number of nitrogens with two attached hydrogens (primary N) is 1. The summed E-state index contributed by atoms with van der Waals surface area (Å²) in [5, 5.41) is 0. The molecule has 1 aromatic rings. The topological polar surface area (TPSA) is 55.6 Å². The van der Waals surface area contributed by atoms with Crippen LogP contribution in [0.2, 0.25) is 0 Å². The van der Waals surface area contributed by atoms with Crippen molar-refractivity contribution in [3.8, 4) is 5.75 Å². The molecule has 4 nitrogen and oxygen atoms in total. The largest absolute Gasteiger partial charge is 0.496 e. The minimum absolute atomic E-state index is 0.0299. The number of rotatable bonds is 6. The molecule has 1 amide bonds. The maximum atomic E-state index is 12.4. The summed E-state index contributed by atoms with van der Waals surface area (Å²) >= 11 is 0. The summed E-state index contributed by atoms with van der Waals surface area (Å²) in [7, 11) is 3.43. The highest BCUT2D eigenvalue weighted by atomic mass is 16.5. The van der Waals surface area contributed by atoms with Crippen molar-refractivity contribution in [3.05, 3.63) is 29.8 Å². The van der Waals surface area contributed by atoms with E-state index in [0.29, 0.717) is 0 Å². The third-order valence-electron chi connectivity index (χ3n) is 4.06. The number of nitrogens with zero attached hydrogens (tertiary/aromatic N) is 1. The molecule has 0 heterocycles. The Morgan fingerprint density at radius 3 is 2.50 bits per heavy atom. The Balaban J connectivity index is 2.91. The van der Waals surface area contributed by atoms with E-state index < -0.39 is 6.04 Å². The number of para-hydroxylation sites is 1. The van der Waals surface area contributed by atoms with Crippen LogP contribution in [0.3, 0.4) is 0 Å². The van der Waals surface area contributed by atoms with Crippen LogP contribution in [0.1, 0.15) is 38.8 Å². The normalized spacial score (nSPS) is 15.3. The maximum absolute atomic E-state index is 12.4. The van der Waals surface area contributed by atoms with E-state index in [2.05, 4.69) is 0 Å². The molecule has 4 heteroatoms. The van der Waals surface area contributed by atoms with Gasteiger partial charge in [-0.05, 0) is 18.9 Å². The Labute approximate surface area is 121 Å². The highest BCUT2D eigenvalue weighted by Crippen LogP contribution is 2.28. The highest BCUT2D eigenvalue weighted by Gasteiger charge is 2.27. The molecule has 0 radical (unpaired) electrons. The molecule has 3 atom stereocenters. The average Bonchev–Trinajstić information content (AvgIpc) is 2.50. The van der Waals surface area contributed by atoms with Crippen molar-refractivity contribution in [1.82, 2.24) is 4.90 Å². The van der Waals surface area contributed by atoms with Gasteiger partial charge < -0.3 is 15.4 Å². The first-order valence-electron chi connectivity index (χ1n) is 7.09. The fourth-order valence-electron chi connectivity index (χ4n) is 2.14. The van der Waals surface area contributed by atoms with Crippen molar-refractivity contribution in [2.45, 2.75) is 39.3 Å². The zero-order valence-electron chi connectivity index (χ0n) is 13.1. The van der Waals surface area contributed by atoms with E-state index in [9.17, 15) is 4.79 Å². The summed E-state index contributed by atoms with van der Waals surface area (Å²) in [6.07, 6.45) is 0.893. The van der Waals surface area contributed by atoms with E-state index in [1.165, 1.54) is 0 Å². The van der Waals surface area contributed by atoms with Crippen molar-refractivity contribution >= 4 is 5.91 Å². The molecule has 1 aromatic carbocycles. The van der Waals surface area contributed by atoms with Crippen LogP contribution in [0.4, 0.5) is 0 Å². The zero-order valence-corrected chi connectivity index (χ0v) is 13.1. The quantitative estimate of drug-likeness (QED) is 0.870. The molecule has 0 saturated carbocycles. The summed E-state index contributed by atoms with van der Waals surface area (Å²) in [5.41, 5.74) is 7.02. The SMILES string of the molecule is CC[C@H](C)[C@H](N)C(=O)N(C)C(C)c1ccccc1OC. The number of hydrogen-bond acceptors (Lipinski definition) is 3. The van der Waals surface area contributed by atoms with E-state index in [-0.39, 0.29) is 17.9 Å². The molecule has 0 aromatic heterocycles. The molecule has 0 aliphatic carbocycles. The highest BCUT2D eigenvalue weighted by molar-refractivity contribution is 5.82. The second kappa shape index (κ2) is 7.29. The number of likely N-dealkylation sites (N-methyl/N-ethyl adjacent to an activating group) is 1. The van der Waals surface area contributed by atoms with Gasteiger partial charge >= 0.3 is 0 Å². The molecule has 2 N–H and O–H groups in total. The van der Waals surface area contributed by atoms with Crippen LogP contribution in [0.25, 0.3) is 0 Å². The molecule has 1 unspecified atom stereocenters. The van der Waals surface area contributed by atoms with Gasteiger partial charge in [0.15, 0.2) is 0 Å². The first kappa shape index (κ1) is 16.5. The first-order valence-corrected chi connectivity index (χ1v) is 7.09. The molecule has 0 aliphatic rings. The third kappa shape index (κ3) is 3.51. The predicted molar refractivity (Wildman–Crippen MR) is 81.6 cm³/mol. The fraction of sp³-hybridized carbons (Fsp3) is 0.562. The van der Waals surface area contributed by atoms with Gasteiger partial charge in [0.25, 0.3) is 0 Å². The van der Waals surface area contributed by atoms with Crippen LogP contribution in [0.15, 0.2) is 24.3 Å². The van der Waals surface area contributed by atoms with Crippen molar-refractivity contribution in [1.29, 1.82) is 0 Å². The summed E-state index contributed by atoms with van der Waals surface area (Å²) in [5.74, 6) is 0.935. The van der Waals surface area contributed by atoms with E-state index in [1.54, 1.807) is 19.1 Å². The van der Waals surface area contributed by atoms with Gasteiger partial charge in [0, 0.05) is 12.6 Å². The third-order valence-corrected chi connectivity index (χ3v) is 4.06. The summed E-state index contributed by atoms with van der Waals surface area (Å²) in [4.78, 5) is 14.1. The molecule has 0 spiro atoms. The molecule has 112 valence electrons. The van der Waals surface area contributed by atoms with Crippen molar-refractivity contribution in [2.75, 3.05) is 14.2 Å². The lowest BCUT2D eigenvalue weighted by Crippen LogP contribution is -2.46. The van der Waals surface area contributed by atoms with Gasteiger partial charge in [0.1, 0.15) is 5.75 Å². The Bertz CT molecular complexity index is 448. The Morgan fingerprint density at radius 2 is 1.95 bits per heavy atom. The number of carbonyl (C=O) groups is 1. The van der Waals surface area contributed by atoms with Crippen LogP contribution < -0.4 is 10.5 Å². The molecule has 20 heavy (non-hydrogen) atoms. The number of amides is 1. The predicted octanol–water partition coefficient (Wildman–Crippen LogP) is 2.59. The second-order valence-corrected chi connectivity index (χ2v) is 5.28. The molecule has 1 rings (SSSR count). The lowest BCUT2D eigenvalue weighted by molar-refractivity contribution is -0.134. The number of benzene rings is 1. The fourth-order valence-corrected chi connectivity index (χ4v) is 2.14. The molecule has 0 aliphatic heterocycles. The number of ether oxygens (including phenoxy) is 1. The van der Waals surface area contributed by atoms with Crippen LogP contribution in [-0.4, -0.2) is 31.0 Å². The number of methoxy groups -OCH3 is 1. The minimum Gasteiger partial charge on any atom is -0.496 e. The van der Waals surface area contributed by atoms with Gasteiger partial charge in [0.2, 0.25) is 5.91 Å². The summed E-state index contributed by atoms with van der Waals surface area (Å²) in [6, 6.07) is 7.21. The molecular weight excluding hydrogens is 252 g/mol. The number of hydrogen-bond donors (Lipinski definition) is 1. The van der Waals surface area contributed by atoms with Crippen LogP contribution in [0.5, 0.6) is 5.75 Å². The number of carbonyl (C=O) groups excluding carboxylic acids is 1. The Hall–Kier alpha value is -1.55. The van der Waals surface area contributed by atoms with Crippen molar-refractivity contribution in [3.63, 3.8) is 0 Å². The van der Waals surface area contributed by atoms with Crippen LogP contribution in [0, 0.1) is 5.92 Å². The minimum atomic E-state index is -0.456. The van der Waals surface area contributed by atoms with Gasteiger partial charge in [0.05, 0.1) is 19.2 Å². The Kier molecular flexibility index (Phi) is 6.02. The molecule has 0 saturated heterocycles. The monoisotopic (exact) mass is 278 g/mol. The van der Waals surface area contributed by atoms with Gasteiger partial charge in [-0.2, -0.15) is 0 Å².